The van der Waals surface area contributed by atoms with Crippen LogP contribution in [-0.2, 0) is 9.84 Å². The van der Waals surface area contributed by atoms with E-state index in [2.05, 4.69) is 20.5 Å². The fourth-order valence-corrected chi connectivity index (χ4v) is 4.26. The van der Waals surface area contributed by atoms with Crippen molar-refractivity contribution in [2.24, 2.45) is 4.99 Å². The summed E-state index contributed by atoms with van der Waals surface area (Å²) in [7, 11) is -1.46. The van der Waals surface area contributed by atoms with Crippen LogP contribution in [0.2, 0.25) is 5.02 Å². The molecule has 28 heavy (non-hydrogen) atoms. The highest BCUT2D eigenvalue weighted by atomic mass is 127. The predicted molar refractivity (Wildman–Crippen MR) is 130 cm³/mol. The van der Waals surface area contributed by atoms with Crippen LogP contribution in [0.25, 0.3) is 0 Å². The third-order valence-corrected chi connectivity index (χ3v) is 7.70. The first-order valence-corrected chi connectivity index (χ1v) is 11.4. The van der Waals surface area contributed by atoms with Gasteiger partial charge in [-0.15, -0.1) is 24.0 Å². The Morgan fingerprint density at radius 1 is 1.32 bits per heavy atom. The third-order valence-electron chi connectivity index (χ3n) is 4.78. The molecule has 0 spiro atoms. The van der Waals surface area contributed by atoms with Crippen molar-refractivity contribution in [1.82, 2.24) is 10.6 Å². The summed E-state index contributed by atoms with van der Waals surface area (Å²) in [5, 5.41) is 7.29. The lowest BCUT2D eigenvalue weighted by Gasteiger charge is -2.35. The number of rotatable bonds is 5. The molecule has 1 atom stereocenters. The van der Waals surface area contributed by atoms with Gasteiger partial charge in [-0.3, -0.25) is 4.99 Å². The number of benzene rings is 1. The van der Waals surface area contributed by atoms with Gasteiger partial charge >= 0.3 is 0 Å². The fourth-order valence-electron chi connectivity index (χ4n) is 3.02. The molecule has 1 fully saturated rings. The number of halogens is 2. The van der Waals surface area contributed by atoms with Crippen molar-refractivity contribution in [3.63, 3.8) is 0 Å². The Balaban J connectivity index is 0.00000392. The fraction of sp³-hybridized carbons (Fsp3) is 0.632. The molecule has 1 heterocycles. The van der Waals surface area contributed by atoms with Crippen molar-refractivity contribution in [2.75, 3.05) is 37.3 Å². The van der Waals surface area contributed by atoms with Crippen molar-refractivity contribution >= 4 is 57.1 Å². The van der Waals surface area contributed by atoms with Gasteiger partial charge in [0.05, 0.1) is 21.2 Å². The Bertz CT molecular complexity index is 765. The van der Waals surface area contributed by atoms with Gasteiger partial charge in [-0.2, -0.15) is 0 Å². The van der Waals surface area contributed by atoms with Gasteiger partial charge in [0, 0.05) is 32.7 Å². The second kappa shape index (κ2) is 10.9. The molecule has 1 aromatic rings. The lowest BCUT2D eigenvalue weighted by atomic mass is 10.0. The smallest absolute Gasteiger partial charge is 0.191 e. The zero-order valence-electron chi connectivity index (χ0n) is 17.0. The first kappa shape index (κ1) is 25.3. The Kier molecular flexibility index (Phi) is 9.82. The second-order valence-corrected chi connectivity index (χ2v) is 11.1. The molecule has 1 aromatic carbocycles. The summed E-state index contributed by atoms with van der Waals surface area (Å²) in [6.45, 7) is 7.30. The molecule has 1 aliphatic rings. The summed E-state index contributed by atoms with van der Waals surface area (Å²) in [6.07, 6.45) is 2.08. The summed E-state index contributed by atoms with van der Waals surface area (Å²) < 4.78 is 23.7. The van der Waals surface area contributed by atoms with E-state index >= 15 is 0 Å². The van der Waals surface area contributed by atoms with Crippen LogP contribution in [0.3, 0.4) is 0 Å². The van der Waals surface area contributed by atoms with E-state index in [4.69, 9.17) is 11.6 Å². The van der Waals surface area contributed by atoms with Crippen molar-refractivity contribution in [1.29, 1.82) is 0 Å². The van der Waals surface area contributed by atoms with Gasteiger partial charge in [0.2, 0.25) is 0 Å². The van der Waals surface area contributed by atoms with Gasteiger partial charge < -0.3 is 15.5 Å². The Morgan fingerprint density at radius 2 is 2.00 bits per heavy atom. The molecule has 9 heteroatoms. The van der Waals surface area contributed by atoms with Crippen LogP contribution in [0.4, 0.5) is 5.69 Å². The zero-order chi connectivity index (χ0) is 20.1. The maximum Gasteiger partial charge on any atom is 0.191 e. The Labute approximate surface area is 191 Å². The number of anilines is 1. The summed E-state index contributed by atoms with van der Waals surface area (Å²) in [5.74, 6) is 0.707. The number of guanidine groups is 1. The topological polar surface area (TPSA) is 73.8 Å². The average molecular weight is 543 g/mol. The summed E-state index contributed by atoms with van der Waals surface area (Å²) in [6, 6.07) is 8.09. The number of aliphatic imine (C=N–C) groups is 1. The third kappa shape index (κ3) is 6.95. The molecule has 2 rings (SSSR count). The molecular weight excluding hydrogens is 511 g/mol. The van der Waals surface area contributed by atoms with E-state index in [9.17, 15) is 8.42 Å². The van der Waals surface area contributed by atoms with E-state index in [1.165, 1.54) is 0 Å². The second-order valence-electron chi connectivity index (χ2n) is 7.81. The first-order chi connectivity index (χ1) is 12.6. The number of sulfone groups is 1. The lowest BCUT2D eigenvalue weighted by Crippen LogP contribution is -2.52. The van der Waals surface area contributed by atoms with Gasteiger partial charge in [-0.05, 0) is 45.7 Å². The maximum absolute atomic E-state index is 12.2. The number of piperidine rings is 1. The van der Waals surface area contributed by atoms with E-state index in [1.807, 2.05) is 24.3 Å². The minimum absolute atomic E-state index is 0. The summed E-state index contributed by atoms with van der Waals surface area (Å²) in [5.41, 5.74) is 1.05. The zero-order valence-corrected chi connectivity index (χ0v) is 20.9. The van der Waals surface area contributed by atoms with E-state index < -0.39 is 14.6 Å². The number of para-hydroxylation sites is 1. The molecule has 1 saturated heterocycles. The molecule has 0 amide bonds. The molecule has 0 saturated carbocycles. The molecule has 1 unspecified atom stereocenters. The van der Waals surface area contributed by atoms with E-state index in [0.29, 0.717) is 12.5 Å². The largest absolute Gasteiger partial charge is 0.368 e. The SMILES string of the molecule is CN=C(NCCS(=O)(=O)C(C)(C)C)NC1CCCN(c2ccccc2Cl)C1.I. The van der Waals surface area contributed by atoms with Gasteiger partial charge in [0.15, 0.2) is 15.8 Å². The predicted octanol–water partition coefficient (Wildman–Crippen LogP) is 3.31. The van der Waals surface area contributed by atoms with Crippen molar-refractivity contribution in [2.45, 2.75) is 44.4 Å². The highest BCUT2D eigenvalue weighted by Crippen LogP contribution is 2.27. The molecule has 160 valence electrons. The number of hydrogen-bond donors (Lipinski definition) is 2. The molecular formula is C19H32ClIN4O2S. The van der Waals surface area contributed by atoms with Crippen LogP contribution in [0.15, 0.2) is 29.3 Å². The molecule has 0 aliphatic carbocycles. The van der Waals surface area contributed by atoms with Crippen LogP contribution in [0.1, 0.15) is 33.6 Å². The Hall–Kier alpha value is -0.740. The standard InChI is InChI=1S/C19H31ClN4O2S.HI/c1-19(2,3)27(25,26)13-11-22-18(21-4)23-15-8-7-12-24(14-15)17-10-6-5-9-16(17)20;/h5-6,9-10,15H,7-8,11-14H2,1-4H3,(H2,21,22,23);1H. The van der Waals surface area contributed by atoms with E-state index in [1.54, 1.807) is 27.8 Å². The van der Waals surface area contributed by atoms with Crippen LogP contribution in [0.5, 0.6) is 0 Å². The van der Waals surface area contributed by atoms with Crippen LogP contribution in [-0.4, -0.2) is 57.6 Å². The highest BCUT2D eigenvalue weighted by molar-refractivity contribution is 14.0. The quantitative estimate of drug-likeness (QED) is 0.339. The van der Waals surface area contributed by atoms with Crippen LogP contribution >= 0.6 is 35.6 Å². The minimum Gasteiger partial charge on any atom is -0.368 e. The van der Waals surface area contributed by atoms with Gasteiger partial charge in [0.25, 0.3) is 0 Å². The average Bonchev–Trinajstić information content (AvgIpc) is 2.60. The monoisotopic (exact) mass is 542 g/mol. The number of hydrogen-bond acceptors (Lipinski definition) is 4. The number of nitrogens with one attached hydrogen (secondary N) is 2. The number of nitrogens with zero attached hydrogens (tertiary/aromatic N) is 2. The molecule has 0 aromatic heterocycles. The summed E-state index contributed by atoms with van der Waals surface area (Å²) >= 11 is 6.33. The van der Waals surface area contributed by atoms with Crippen molar-refractivity contribution in [3.8, 4) is 0 Å². The van der Waals surface area contributed by atoms with Crippen molar-refractivity contribution < 1.29 is 8.42 Å². The first-order valence-electron chi connectivity index (χ1n) is 9.33. The van der Waals surface area contributed by atoms with E-state index in [0.717, 1.165) is 36.6 Å². The molecule has 1 aliphatic heterocycles. The van der Waals surface area contributed by atoms with Crippen LogP contribution in [0, 0.1) is 0 Å². The normalized spacial score (nSPS) is 18.4. The lowest BCUT2D eigenvalue weighted by molar-refractivity contribution is 0.468. The maximum atomic E-state index is 12.2. The van der Waals surface area contributed by atoms with Gasteiger partial charge in [0.1, 0.15) is 0 Å². The molecule has 0 radical (unpaired) electrons. The highest BCUT2D eigenvalue weighted by Gasteiger charge is 2.28. The molecule has 6 nitrogen and oxygen atoms in total. The summed E-state index contributed by atoms with van der Waals surface area (Å²) in [4.78, 5) is 6.51. The van der Waals surface area contributed by atoms with E-state index in [-0.39, 0.29) is 35.8 Å². The van der Waals surface area contributed by atoms with Crippen molar-refractivity contribution in [3.05, 3.63) is 29.3 Å². The molecule has 0 bridgehead atoms. The minimum atomic E-state index is -3.15. The molecule has 2 N–H and O–H groups in total. The van der Waals surface area contributed by atoms with Gasteiger partial charge in [-0.25, -0.2) is 8.42 Å². The van der Waals surface area contributed by atoms with Gasteiger partial charge in [-0.1, -0.05) is 23.7 Å². The Morgan fingerprint density at radius 3 is 2.61 bits per heavy atom. The van der Waals surface area contributed by atoms with Crippen LogP contribution < -0.4 is 15.5 Å².